The molecule has 186 valence electrons. The summed E-state index contributed by atoms with van der Waals surface area (Å²) in [6.07, 6.45) is 1.34. The van der Waals surface area contributed by atoms with Crippen LogP contribution in [-0.2, 0) is 4.79 Å². The van der Waals surface area contributed by atoms with Crippen molar-refractivity contribution in [2.75, 3.05) is 20.3 Å². The molecule has 0 saturated heterocycles. The maximum Gasteiger partial charge on any atom is 0.343 e. The molecule has 0 bridgehead atoms. The molecule has 0 aliphatic rings. The van der Waals surface area contributed by atoms with E-state index >= 15 is 0 Å². The van der Waals surface area contributed by atoms with Crippen molar-refractivity contribution in [2.24, 2.45) is 5.10 Å². The molecule has 0 aromatic heterocycles. The normalized spacial score (nSPS) is 10.5. The van der Waals surface area contributed by atoms with Crippen LogP contribution in [0.15, 0.2) is 76.3 Å². The van der Waals surface area contributed by atoms with Crippen LogP contribution < -0.4 is 25.0 Å². The summed E-state index contributed by atoms with van der Waals surface area (Å²) >= 11 is 3.36. The molecule has 0 spiro atoms. The highest BCUT2D eigenvalue weighted by Gasteiger charge is 2.12. The number of amides is 2. The van der Waals surface area contributed by atoms with E-state index in [1.165, 1.54) is 13.3 Å². The van der Waals surface area contributed by atoms with Gasteiger partial charge in [-0.05, 0) is 73.7 Å². The zero-order valence-electron chi connectivity index (χ0n) is 19.6. The maximum absolute atomic E-state index is 12.6. The Morgan fingerprint density at radius 2 is 1.61 bits per heavy atom. The first-order valence-electron chi connectivity index (χ1n) is 10.9. The zero-order valence-corrected chi connectivity index (χ0v) is 21.2. The third-order valence-corrected chi connectivity index (χ3v) is 5.22. The third-order valence-electron chi connectivity index (χ3n) is 4.73. The van der Waals surface area contributed by atoms with E-state index in [2.05, 4.69) is 31.8 Å². The molecule has 2 amide bonds. The number of hydrogen-bond donors (Lipinski definition) is 2. The largest absolute Gasteiger partial charge is 0.497 e. The van der Waals surface area contributed by atoms with Crippen LogP contribution in [0.5, 0.6) is 17.2 Å². The molecule has 0 radical (unpaired) electrons. The molecular formula is C26H24BrN3O6. The molecule has 3 rings (SSSR count). The van der Waals surface area contributed by atoms with Gasteiger partial charge in [0, 0.05) is 15.6 Å². The van der Waals surface area contributed by atoms with E-state index in [1.54, 1.807) is 66.7 Å². The smallest absolute Gasteiger partial charge is 0.343 e. The van der Waals surface area contributed by atoms with Gasteiger partial charge in [0.1, 0.15) is 17.2 Å². The van der Waals surface area contributed by atoms with Crippen molar-refractivity contribution in [2.45, 2.75) is 6.92 Å². The van der Waals surface area contributed by atoms with Gasteiger partial charge in [-0.1, -0.05) is 15.9 Å². The van der Waals surface area contributed by atoms with E-state index in [1.807, 2.05) is 6.92 Å². The Morgan fingerprint density at radius 3 is 2.28 bits per heavy atom. The highest BCUT2D eigenvalue weighted by atomic mass is 79.9. The molecule has 2 N–H and O–H groups in total. The van der Waals surface area contributed by atoms with Gasteiger partial charge in [-0.2, -0.15) is 5.10 Å². The zero-order chi connectivity index (χ0) is 25.9. The molecule has 10 heteroatoms. The molecule has 9 nitrogen and oxygen atoms in total. The van der Waals surface area contributed by atoms with Gasteiger partial charge in [0.25, 0.3) is 11.8 Å². The maximum atomic E-state index is 12.6. The molecule has 0 heterocycles. The summed E-state index contributed by atoms with van der Waals surface area (Å²) < 4.78 is 16.7. The van der Waals surface area contributed by atoms with Crippen molar-refractivity contribution in [1.82, 2.24) is 10.7 Å². The van der Waals surface area contributed by atoms with Gasteiger partial charge >= 0.3 is 5.97 Å². The van der Waals surface area contributed by atoms with Crippen molar-refractivity contribution in [3.63, 3.8) is 0 Å². The van der Waals surface area contributed by atoms with Gasteiger partial charge < -0.3 is 19.5 Å². The standard InChI is InChI=1S/C26H24BrN3O6/c1-3-35-22-11-6-18(7-12-22)26(33)36-23-13-8-20(27)14-19(23)15-29-30-24(31)16-28-25(32)17-4-9-21(34-2)10-5-17/h4-15H,3,16H2,1-2H3,(H,28,32)(H,30,31)/b29-15-. The van der Waals surface area contributed by atoms with Gasteiger partial charge in [0.15, 0.2) is 0 Å². The molecule has 0 aliphatic heterocycles. The Morgan fingerprint density at radius 1 is 0.944 bits per heavy atom. The number of ether oxygens (including phenoxy) is 3. The Labute approximate surface area is 216 Å². The molecule has 0 fully saturated rings. The number of benzene rings is 3. The number of nitrogens with one attached hydrogen (secondary N) is 2. The SMILES string of the molecule is CCOc1ccc(C(=O)Oc2ccc(Br)cc2/C=N\NC(=O)CNC(=O)c2ccc(OC)cc2)cc1. The third kappa shape index (κ3) is 7.67. The van der Waals surface area contributed by atoms with Crippen LogP contribution in [0.25, 0.3) is 0 Å². The van der Waals surface area contributed by atoms with Crippen molar-refractivity contribution in [3.05, 3.63) is 87.9 Å². The molecule has 0 unspecified atom stereocenters. The fraction of sp³-hybridized carbons (Fsp3) is 0.154. The minimum absolute atomic E-state index is 0.253. The number of nitrogens with zero attached hydrogens (tertiary/aromatic N) is 1. The average molecular weight is 554 g/mol. The van der Waals surface area contributed by atoms with E-state index in [9.17, 15) is 14.4 Å². The fourth-order valence-electron chi connectivity index (χ4n) is 2.94. The summed E-state index contributed by atoms with van der Waals surface area (Å²) in [7, 11) is 1.53. The summed E-state index contributed by atoms with van der Waals surface area (Å²) in [5.74, 6) is 0.0312. The second kappa shape index (κ2) is 13.1. The Balaban J connectivity index is 1.57. The van der Waals surface area contributed by atoms with Crippen molar-refractivity contribution in [1.29, 1.82) is 0 Å². The number of halogens is 1. The average Bonchev–Trinajstić information content (AvgIpc) is 2.89. The summed E-state index contributed by atoms with van der Waals surface area (Å²) in [4.78, 5) is 36.8. The number of esters is 1. The number of hydrazone groups is 1. The van der Waals surface area contributed by atoms with Crippen LogP contribution >= 0.6 is 15.9 Å². The highest BCUT2D eigenvalue weighted by molar-refractivity contribution is 9.10. The topological polar surface area (TPSA) is 115 Å². The minimum atomic E-state index is -0.555. The van der Waals surface area contributed by atoms with Crippen LogP contribution in [0.2, 0.25) is 0 Å². The van der Waals surface area contributed by atoms with Gasteiger partial charge in [0.05, 0.1) is 32.0 Å². The minimum Gasteiger partial charge on any atom is -0.497 e. The second-order valence-corrected chi connectivity index (χ2v) is 8.15. The Kier molecular flexibility index (Phi) is 9.58. The first-order valence-corrected chi connectivity index (χ1v) is 11.7. The summed E-state index contributed by atoms with van der Waals surface area (Å²) in [6.45, 7) is 2.12. The number of rotatable bonds is 10. The lowest BCUT2D eigenvalue weighted by Gasteiger charge is -2.09. The molecular weight excluding hydrogens is 530 g/mol. The van der Waals surface area contributed by atoms with Crippen LogP contribution in [-0.4, -0.2) is 44.3 Å². The molecule has 36 heavy (non-hydrogen) atoms. The molecule has 3 aromatic rings. The summed E-state index contributed by atoms with van der Waals surface area (Å²) in [5, 5.41) is 6.42. The van der Waals surface area contributed by atoms with Crippen LogP contribution in [0.1, 0.15) is 33.2 Å². The van der Waals surface area contributed by atoms with Gasteiger partial charge in [-0.25, -0.2) is 10.2 Å². The monoisotopic (exact) mass is 553 g/mol. The lowest BCUT2D eigenvalue weighted by molar-refractivity contribution is -0.120. The summed E-state index contributed by atoms with van der Waals surface area (Å²) in [5.41, 5.74) is 3.52. The van der Waals surface area contributed by atoms with E-state index in [0.29, 0.717) is 34.8 Å². The lowest BCUT2D eigenvalue weighted by Crippen LogP contribution is -2.34. The van der Waals surface area contributed by atoms with Crippen LogP contribution in [0, 0.1) is 0 Å². The van der Waals surface area contributed by atoms with Gasteiger partial charge in [0.2, 0.25) is 0 Å². The Bertz CT molecular complexity index is 1240. The predicted molar refractivity (Wildman–Crippen MR) is 138 cm³/mol. The van der Waals surface area contributed by atoms with Gasteiger partial charge in [-0.3, -0.25) is 9.59 Å². The quantitative estimate of drug-likeness (QED) is 0.170. The summed E-state index contributed by atoms with van der Waals surface area (Å²) in [6, 6.07) is 18.1. The number of hydrogen-bond acceptors (Lipinski definition) is 7. The van der Waals surface area contributed by atoms with E-state index in [4.69, 9.17) is 14.2 Å². The van der Waals surface area contributed by atoms with Crippen LogP contribution in [0.4, 0.5) is 0 Å². The Hall–Kier alpha value is -4.18. The molecule has 3 aromatic carbocycles. The highest BCUT2D eigenvalue weighted by Crippen LogP contribution is 2.23. The van der Waals surface area contributed by atoms with Crippen LogP contribution in [0.3, 0.4) is 0 Å². The van der Waals surface area contributed by atoms with E-state index in [-0.39, 0.29) is 12.3 Å². The van der Waals surface area contributed by atoms with E-state index < -0.39 is 17.8 Å². The molecule has 0 aliphatic carbocycles. The second-order valence-electron chi connectivity index (χ2n) is 7.23. The van der Waals surface area contributed by atoms with Gasteiger partial charge in [-0.15, -0.1) is 0 Å². The first-order chi connectivity index (χ1) is 17.4. The van der Waals surface area contributed by atoms with E-state index in [0.717, 1.165) is 4.47 Å². The van der Waals surface area contributed by atoms with Crippen molar-refractivity contribution >= 4 is 39.9 Å². The number of carbonyl (C=O) groups is 3. The fourth-order valence-corrected chi connectivity index (χ4v) is 3.32. The first kappa shape index (κ1) is 26.4. The predicted octanol–water partition coefficient (Wildman–Crippen LogP) is 3.96. The molecule has 0 atom stereocenters. The lowest BCUT2D eigenvalue weighted by atomic mass is 10.2. The molecule has 0 saturated carbocycles. The van der Waals surface area contributed by atoms with Crippen molar-refractivity contribution < 1.29 is 28.6 Å². The number of methoxy groups -OCH3 is 1. The number of carbonyl (C=O) groups excluding carboxylic acids is 3. The van der Waals surface area contributed by atoms with Crippen molar-refractivity contribution in [3.8, 4) is 17.2 Å².